The largest absolute Gasteiger partial charge is 0.299 e. The lowest BCUT2D eigenvalue weighted by atomic mass is 9.63. The second kappa shape index (κ2) is 3.34. The van der Waals surface area contributed by atoms with Gasteiger partial charge in [-0.1, -0.05) is 30.4 Å². The average Bonchev–Trinajstić information content (AvgIpc) is 2.93. The fourth-order valence-electron chi connectivity index (χ4n) is 4.42. The molecule has 0 aromatic heterocycles. The number of benzene rings is 1. The Kier molecular flexibility index (Phi) is 1.96. The zero-order valence-electron chi connectivity index (χ0n) is 10.8. The molecule has 1 nitrogen and oxygen atoms in total. The predicted octanol–water partition coefficient (Wildman–Crippen LogP) is 3.25. The number of fused-ring (bicyclic) bond motifs is 4. The lowest BCUT2D eigenvalue weighted by Gasteiger charge is -2.39. The van der Waals surface area contributed by atoms with Gasteiger partial charge in [-0.15, -0.1) is 0 Å². The normalized spacial score (nSPS) is 36.4. The third-order valence-corrected chi connectivity index (χ3v) is 5.41. The van der Waals surface area contributed by atoms with Crippen molar-refractivity contribution >= 4 is 5.78 Å². The van der Waals surface area contributed by atoms with Crippen LogP contribution in [-0.2, 0) is 17.6 Å². The molecule has 0 amide bonds. The summed E-state index contributed by atoms with van der Waals surface area (Å²) in [5.41, 5.74) is 4.06. The van der Waals surface area contributed by atoms with Gasteiger partial charge < -0.3 is 0 Å². The van der Waals surface area contributed by atoms with E-state index in [4.69, 9.17) is 0 Å². The van der Waals surface area contributed by atoms with Crippen LogP contribution in [0.15, 0.2) is 30.4 Å². The molecule has 1 spiro atoms. The number of carbonyl (C=O) groups is 1. The minimum absolute atomic E-state index is 0.0431. The standard InChI is InChI=1S/C17H18O/c1-11-3-2-4-13-8-16(18)17(10-15(11)13)9-12-5-6-14(17)7-12/h2-6,12,14H,7-10H2,1H3. The number of carbonyl (C=O) groups excluding carboxylic acids is 1. The van der Waals surface area contributed by atoms with Gasteiger partial charge in [-0.25, -0.2) is 0 Å². The van der Waals surface area contributed by atoms with Gasteiger partial charge in [0.1, 0.15) is 5.78 Å². The van der Waals surface area contributed by atoms with Crippen LogP contribution >= 0.6 is 0 Å². The summed E-state index contributed by atoms with van der Waals surface area (Å²) in [6.07, 6.45) is 8.60. The first-order valence-corrected chi connectivity index (χ1v) is 6.98. The molecule has 18 heavy (non-hydrogen) atoms. The number of hydrogen-bond donors (Lipinski definition) is 0. The summed E-state index contributed by atoms with van der Waals surface area (Å²) in [4.78, 5) is 12.6. The van der Waals surface area contributed by atoms with E-state index in [9.17, 15) is 4.79 Å². The van der Waals surface area contributed by atoms with Gasteiger partial charge in [-0.3, -0.25) is 4.79 Å². The summed E-state index contributed by atoms with van der Waals surface area (Å²) < 4.78 is 0. The Balaban J connectivity index is 1.83. The Morgan fingerprint density at radius 3 is 2.89 bits per heavy atom. The van der Waals surface area contributed by atoms with Gasteiger partial charge in [0.25, 0.3) is 0 Å². The molecular weight excluding hydrogens is 220 g/mol. The molecule has 3 aliphatic carbocycles. The Labute approximate surface area is 108 Å². The van der Waals surface area contributed by atoms with Gasteiger partial charge in [0, 0.05) is 11.8 Å². The highest BCUT2D eigenvalue weighted by atomic mass is 16.1. The van der Waals surface area contributed by atoms with Gasteiger partial charge in [-0.05, 0) is 54.7 Å². The molecule has 92 valence electrons. The van der Waals surface area contributed by atoms with Crippen molar-refractivity contribution in [2.24, 2.45) is 17.3 Å². The second-order valence-electron chi connectivity index (χ2n) is 6.34. The third-order valence-electron chi connectivity index (χ3n) is 5.41. The monoisotopic (exact) mass is 238 g/mol. The van der Waals surface area contributed by atoms with Crippen LogP contribution in [0.25, 0.3) is 0 Å². The smallest absolute Gasteiger partial charge is 0.144 e. The first-order chi connectivity index (χ1) is 8.69. The van der Waals surface area contributed by atoms with Gasteiger partial charge in [-0.2, -0.15) is 0 Å². The van der Waals surface area contributed by atoms with Crippen LogP contribution in [0.1, 0.15) is 29.5 Å². The molecule has 0 aliphatic heterocycles. The Morgan fingerprint density at radius 2 is 2.17 bits per heavy atom. The SMILES string of the molecule is Cc1cccc2c1CC1(CC3C=CC1C3)C(=O)C2. The molecule has 1 heteroatoms. The summed E-state index contributed by atoms with van der Waals surface area (Å²) in [5, 5.41) is 0. The lowest BCUT2D eigenvalue weighted by molar-refractivity contribution is -0.130. The van der Waals surface area contributed by atoms with Crippen molar-refractivity contribution in [1.29, 1.82) is 0 Å². The molecule has 3 aliphatic rings. The van der Waals surface area contributed by atoms with E-state index in [2.05, 4.69) is 37.3 Å². The second-order valence-corrected chi connectivity index (χ2v) is 6.34. The number of rotatable bonds is 0. The van der Waals surface area contributed by atoms with Crippen LogP contribution < -0.4 is 0 Å². The highest BCUT2D eigenvalue weighted by Gasteiger charge is 2.54. The summed E-state index contributed by atoms with van der Waals surface area (Å²) in [7, 11) is 0. The minimum atomic E-state index is -0.0431. The molecule has 3 unspecified atom stereocenters. The van der Waals surface area contributed by atoms with Crippen molar-refractivity contribution in [1.82, 2.24) is 0 Å². The van der Waals surface area contributed by atoms with Gasteiger partial charge >= 0.3 is 0 Å². The fraction of sp³-hybridized carbons (Fsp3) is 0.471. The maximum absolute atomic E-state index is 12.6. The highest BCUT2D eigenvalue weighted by molar-refractivity contribution is 5.90. The molecule has 1 saturated carbocycles. The number of hydrogen-bond acceptors (Lipinski definition) is 1. The Bertz CT molecular complexity index is 569. The van der Waals surface area contributed by atoms with Gasteiger partial charge in [0.15, 0.2) is 0 Å². The van der Waals surface area contributed by atoms with E-state index in [0.717, 1.165) is 12.8 Å². The molecule has 0 N–H and O–H groups in total. The number of aryl methyl sites for hydroxylation is 1. The molecule has 3 atom stereocenters. The van der Waals surface area contributed by atoms with E-state index in [1.165, 1.54) is 23.1 Å². The average molecular weight is 238 g/mol. The zero-order chi connectivity index (χ0) is 12.3. The maximum atomic E-state index is 12.6. The Hall–Kier alpha value is -1.37. The van der Waals surface area contributed by atoms with E-state index >= 15 is 0 Å². The van der Waals surface area contributed by atoms with Crippen LogP contribution in [0.5, 0.6) is 0 Å². The molecule has 2 bridgehead atoms. The molecular formula is C17H18O. The molecule has 0 saturated heterocycles. The van der Waals surface area contributed by atoms with Crippen LogP contribution in [-0.4, -0.2) is 5.78 Å². The molecule has 1 aromatic rings. The molecule has 4 rings (SSSR count). The van der Waals surface area contributed by atoms with Crippen LogP contribution in [0, 0.1) is 24.2 Å². The van der Waals surface area contributed by atoms with Crippen molar-refractivity contribution in [2.45, 2.75) is 32.6 Å². The van der Waals surface area contributed by atoms with E-state index in [-0.39, 0.29) is 5.41 Å². The number of ketones is 1. The third kappa shape index (κ3) is 1.20. The molecule has 1 fully saturated rings. The summed E-state index contributed by atoms with van der Waals surface area (Å²) in [6, 6.07) is 6.40. The van der Waals surface area contributed by atoms with Crippen LogP contribution in [0.4, 0.5) is 0 Å². The van der Waals surface area contributed by atoms with Crippen molar-refractivity contribution < 1.29 is 4.79 Å². The van der Waals surface area contributed by atoms with Gasteiger partial charge in [0.2, 0.25) is 0 Å². The number of Topliss-reactive ketones (excluding diaryl/α,β-unsaturated/α-hetero) is 1. The molecule has 0 heterocycles. The van der Waals surface area contributed by atoms with Gasteiger partial charge in [0.05, 0.1) is 0 Å². The van der Waals surface area contributed by atoms with Crippen LogP contribution in [0.2, 0.25) is 0 Å². The predicted molar refractivity (Wildman–Crippen MR) is 71.4 cm³/mol. The van der Waals surface area contributed by atoms with E-state index in [1.807, 2.05) is 0 Å². The fourth-order valence-corrected chi connectivity index (χ4v) is 4.42. The van der Waals surface area contributed by atoms with Crippen molar-refractivity contribution in [3.63, 3.8) is 0 Å². The van der Waals surface area contributed by atoms with E-state index < -0.39 is 0 Å². The quantitative estimate of drug-likeness (QED) is 0.634. The maximum Gasteiger partial charge on any atom is 0.144 e. The summed E-state index contributed by atoms with van der Waals surface area (Å²) in [6.45, 7) is 2.19. The van der Waals surface area contributed by atoms with E-state index in [0.29, 0.717) is 24.0 Å². The molecule has 0 radical (unpaired) electrons. The first kappa shape index (κ1) is 10.5. The highest BCUT2D eigenvalue weighted by Crippen LogP contribution is 2.56. The summed E-state index contributed by atoms with van der Waals surface area (Å²) in [5.74, 6) is 1.68. The van der Waals surface area contributed by atoms with E-state index in [1.54, 1.807) is 0 Å². The zero-order valence-corrected chi connectivity index (χ0v) is 10.8. The first-order valence-electron chi connectivity index (χ1n) is 6.98. The van der Waals surface area contributed by atoms with Crippen molar-refractivity contribution in [2.75, 3.05) is 0 Å². The van der Waals surface area contributed by atoms with Crippen molar-refractivity contribution in [3.8, 4) is 0 Å². The molecule has 1 aromatic carbocycles. The number of allylic oxidation sites excluding steroid dienone is 2. The lowest BCUT2D eigenvalue weighted by Crippen LogP contribution is -2.42. The van der Waals surface area contributed by atoms with Crippen LogP contribution in [0.3, 0.4) is 0 Å². The summed E-state index contributed by atoms with van der Waals surface area (Å²) >= 11 is 0. The topological polar surface area (TPSA) is 17.1 Å². The Morgan fingerprint density at radius 1 is 1.28 bits per heavy atom. The minimum Gasteiger partial charge on any atom is -0.299 e. The van der Waals surface area contributed by atoms with Crippen molar-refractivity contribution in [3.05, 3.63) is 47.0 Å².